The van der Waals surface area contributed by atoms with Crippen LogP contribution in [0.3, 0.4) is 0 Å². The molecule has 1 aromatic heterocycles. The van der Waals surface area contributed by atoms with Crippen molar-refractivity contribution >= 4 is 5.91 Å². The van der Waals surface area contributed by atoms with Crippen LogP contribution in [0.2, 0.25) is 0 Å². The molecule has 3 unspecified atom stereocenters. The average Bonchev–Trinajstić information content (AvgIpc) is 2.99. The van der Waals surface area contributed by atoms with E-state index in [9.17, 15) is 4.79 Å². The van der Waals surface area contributed by atoms with Crippen molar-refractivity contribution in [3.05, 3.63) is 23.7 Å². The molecule has 2 rings (SSSR count). The van der Waals surface area contributed by atoms with E-state index in [1.54, 1.807) is 19.1 Å². The van der Waals surface area contributed by atoms with Crippen LogP contribution in [0.5, 0.6) is 0 Å². The van der Waals surface area contributed by atoms with Gasteiger partial charge in [0.1, 0.15) is 11.5 Å². The Morgan fingerprint density at radius 1 is 1.60 bits per heavy atom. The first-order chi connectivity index (χ1) is 9.55. The predicted molar refractivity (Wildman–Crippen MR) is 76.2 cm³/mol. The average molecular weight is 280 g/mol. The fourth-order valence-corrected chi connectivity index (χ4v) is 2.33. The molecule has 0 radical (unpaired) electrons. The molecule has 0 bridgehead atoms. The summed E-state index contributed by atoms with van der Waals surface area (Å²) in [5.41, 5.74) is 5.53. The summed E-state index contributed by atoms with van der Waals surface area (Å²) in [5, 5.41) is 0. The third-order valence-corrected chi connectivity index (χ3v) is 3.97. The van der Waals surface area contributed by atoms with Gasteiger partial charge in [-0.05, 0) is 24.5 Å². The van der Waals surface area contributed by atoms with Gasteiger partial charge in [0.2, 0.25) is 5.91 Å². The first-order valence-electron chi connectivity index (χ1n) is 7.10. The molecule has 5 heteroatoms. The van der Waals surface area contributed by atoms with Crippen LogP contribution in [0, 0.1) is 5.92 Å². The molecule has 0 saturated heterocycles. The van der Waals surface area contributed by atoms with Gasteiger partial charge in [0.05, 0.1) is 19.1 Å². The third-order valence-electron chi connectivity index (χ3n) is 3.97. The molecule has 0 spiro atoms. The second-order valence-corrected chi connectivity index (χ2v) is 5.67. The van der Waals surface area contributed by atoms with Gasteiger partial charge in [0, 0.05) is 26.6 Å². The zero-order valence-corrected chi connectivity index (χ0v) is 12.5. The maximum atomic E-state index is 12.0. The summed E-state index contributed by atoms with van der Waals surface area (Å²) in [4.78, 5) is 13.7. The summed E-state index contributed by atoms with van der Waals surface area (Å²) in [7, 11) is 3.34. The number of nitrogens with zero attached hydrogens (tertiary/aromatic N) is 1. The summed E-state index contributed by atoms with van der Waals surface area (Å²) in [6, 6.07) is 3.99. The number of nitrogens with two attached hydrogens (primary N) is 1. The summed E-state index contributed by atoms with van der Waals surface area (Å²) in [6.07, 6.45) is 1.29. The van der Waals surface area contributed by atoms with Crippen LogP contribution in [-0.4, -0.2) is 37.6 Å². The molecule has 3 atom stereocenters. The van der Waals surface area contributed by atoms with Crippen molar-refractivity contribution in [1.29, 1.82) is 0 Å². The molecule has 112 valence electrons. The predicted octanol–water partition coefficient (Wildman–Crippen LogP) is 1.73. The maximum absolute atomic E-state index is 12.0. The minimum atomic E-state index is -0.218. The lowest BCUT2D eigenvalue weighted by atomic mass is 10.2. The number of hydrogen-bond donors (Lipinski definition) is 1. The molecule has 1 aliphatic carbocycles. The van der Waals surface area contributed by atoms with E-state index >= 15 is 0 Å². The summed E-state index contributed by atoms with van der Waals surface area (Å²) < 4.78 is 10.9. The fourth-order valence-electron chi connectivity index (χ4n) is 2.33. The molecule has 1 aliphatic rings. The van der Waals surface area contributed by atoms with Gasteiger partial charge >= 0.3 is 0 Å². The number of rotatable bonds is 7. The van der Waals surface area contributed by atoms with Gasteiger partial charge in [-0.3, -0.25) is 4.79 Å². The van der Waals surface area contributed by atoms with Gasteiger partial charge in [0.25, 0.3) is 0 Å². The van der Waals surface area contributed by atoms with E-state index in [0.717, 1.165) is 17.4 Å². The van der Waals surface area contributed by atoms with E-state index < -0.39 is 0 Å². The lowest BCUT2D eigenvalue weighted by molar-refractivity contribution is -0.133. The normalized spacial score (nSPS) is 22.6. The van der Waals surface area contributed by atoms with Crippen molar-refractivity contribution < 1.29 is 13.9 Å². The van der Waals surface area contributed by atoms with Gasteiger partial charge < -0.3 is 19.8 Å². The zero-order chi connectivity index (χ0) is 14.7. The Bertz CT molecular complexity index is 454. The van der Waals surface area contributed by atoms with Gasteiger partial charge in [-0.15, -0.1) is 0 Å². The van der Waals surface area contributed by atoms with Crippen LogP contribution in [0.25, 0.3) is 0 Å². The molecule has 0 aromatic carbocycles. The summed E-state index contributed by atoms with van der Waals surface area (Å²) >= 11 is 0. The van der Waals surface area contributed by atoms with E-state index in [1.807, 2.05) is 12.1 Å². The number of furan rings is 1. The molecular formula is C15H24N2O3. The Morgan fingerprint density at radius 2 is 2.30 bits per heavy atom. The van der Waals surface area contributed by atoms with Crippen molar-refractivity contribution in [2.75, 3.05) is 20.7 Å². The molecular weight excluding hydrogens is 256 g/mol. The number of methoxy groups -OCH3 is 1. The largest absolute Gasteiger partial charge is 0.464 e. The number of carbonyl (C=O) groups is 1. The van der Waals surface area contributed by atoms with E-state index in [2.05, 4.69) is 6.92 Å². The molecule has 1 fully saturated rings. The molecule has 1 aromatic rings. The highest BCUT2D eigenvalue weighted by Crippen LogP contribution is 2.47. The lowest BCUT2D eigenvalue weighted by Gasteiger charge is -2.19. The molecule has 1 heterocycles. The molecule has 2 N–H and O–H groups in total. The Balaban J connectivity index is 1.85. The quantitative estimate of drug-likeness (QED) is 0.826. The maximum Gasteiger partial charge on any atom is 0.225 e. The minimum Gasteiger partial charge on any atom is -0.464 e. The molecule has 1 saturated carbocycles. The SMILES string of the molecule is COC(CN)CC(=O)N(C)Cc1ccc(C2CC2C)o1. The highest BCUT2D eigenvalue weighted by molar-refractivity contribution is 5.76. The van der Waals surface area contributed by atoms with E-state index in [4.69, 9.17) is 14.9 Å². The van der Waals surface area contributed by atoms with Crippen LogP contribution in [0.4, 0.5) is 0 Å². The van der Waals surface area contributed by atoms with Crippen LogP contribution in [0.15, 0.2) is 16.5 Å². The second kappa shape index (κ2) is 6.41. The number of ether oxygens (including phenoxy) is 1. The highest BCUT2D eigenvalue weighted by atomic mass is 16.5. The van der Waals surface area contributed by atoms with E-state index in [-0.39, 0.29) is 12.0 Å². The lowest BCUT2D eigenvalue weighted by Crippen LogP contribution is -2.33. The van der Waals surface area contributed by atoms with Gasteiger partial charge in [-0.2, -0.15) is 0 Å². The van der Waals surface area contributed by atoms with Crippen LogP contribution < -0.4 is 5.73 Å². The van der Waals surface area contributed by atoms with Crippen molar-refractivity contribution in [3.8, 4) is 0 Å². The summed E-state index contributed by atoms with van der Waals surface area (Å²) in [5.74, 6) is 3.18. The monoisotopic (exact) mass is 280 g/mol. The topological polar surface area (TPSA) is 68.7 Å². The second-order valence-electron chi connectivity index (χ2n) is 5.67. The minimum absolute atomic E-state index is 0.0139. The smallest absolute Gasteiger partial charge is 0.225 e. The van der Waals surface area contributed by atoms with Crippen LogP contribution in [-0.2, 0) is 16.1 Å². The first kappa shape index (κ1) is 15.1. The highest BCUT2D eigenvalue weighted by Gasteiger charge is 2.36. The molecule has 1 amide bonds. The number of amides is 1. The fraction of sp³-hybridized carbons (Fsp3) is 0.667. The Hall–Kier alpha value is -1.33. The standard InChI is InChI=1S/C15H24N2O3/c1-10-6-13(10)14-5-4-11(20-14)9-17(2)15(18)7-12(8-16)19-3/h4-5,10,12-13H,6-9,16H2,1-3H3. The third kappa shape index (κ3) is 3.61. The van der Waals surface area contributed by atoms with Gasteiger partial charge in [-0.1, -0.05) is 6.92 Å². The summed E-state index contributed by atoms with van der Waals surface area (Å²) in [6.45, 7) is 3.06. The van der Waals surface area contributed by atoms with Gasteiger partial charge in [0.15, 0.2) is 0 Å². The molecule has 20 heavy (non-hydrogen) atoms. The first-order valence-corrected chi connectivity index (χ1v) is 7.10. The van der Waals surface area contributed by atoms with Crippen LogP contribution in [0.1, 0.15) is 37.2 Å². The van der Waals surface area contributed by atoms with Crippen molar-refractivity contribution in [1.82, 2.24) is 4.90 Å². The van der Waals surface area contributed by atoms with Gasteiger partial charge in [-0.25, -0.2) is 0 Å². The van der Waals surface area contributed by atoms with E-state index in [1.165, 1.54) is 6.42 Å². The zero-order valence-electron chi connectivity index (χ0n) is 12.5. The van der Waals surface area contributed by atoms with Crippen molar-refractivity contribution in [2.24, 2.45) is 11.7 Å². The van der Waals surface area contributed by atoms with E-state index in [0.29, 0.717) is 25.4 Å². The van der Waals surface area contributed by atoms with Crippen molar-refractivity contribution in [2.45, 2.75) is 38.3 Å². The Kier molecular flexibility index (Phi) is 4.83. The molecule has 0 aliphatic heterocycles. The molecule has 5 nitrogen and oxygen atoms in total. The Morgan fingerprint density at radius 3 is 2.85 bits per heavy atom. The van der Waals surface area contributed by atoms with Crippen molar-refractivity contribution in [3.63, 3.8) is 0 Å². The Labute approximate surface area is 120 Å². The number of carbonyl (C=O) groups excluding carboxylic acids is 1. The van der Waals surface area contributed by atoms with Crippen LogP contribution >= 0.6 is 0 Å². The number of hydrogen-bond acceptors (Lipinski definition) is 4.